The second-order valence-electron chi connectivity index (χ2n) is 5.72. The fourth-order valence-corrected chi connectivity index (χ4v) is 2.64. The molecule has 0 atom stereocenters. The third-order valence-corrected chi connectivity index (χ3v) is 3.92. The molecule has 1 aromatic rings. The van der Waals surface area contributed by atoms with Gasteiger partial charge >= 0.3 is 0 Å². The molecule has 0 saturated carbocycles. The monoisotopic (exact) mass is 303 g/mol. The zero-order chi connectivity index (χ0) is 15.8. The van der Waals surface area contributed by atoms with E-state index in [1.54, 1.807) is 24.3 Å². The molecule has 120 valence electrons. The smallest absolute Gasteiger partial charge is 0.253 e. The summed E-state index contributed by atoms with van der Waals surface area (Å²) < 4.78 is 0. The van der Waals surface area contributed by atoms with E-state index in [-0.39, 0.29) is 11.8 Å². The summed E-state index contributed by atoms with van der Waals surface area (Å²) in [7, 11) is 0. The fourth-order valence-electron chi connectivity index (χ4n) is 2.64. The van der Waals surface area contributed by atoms with E-state index in [1.165, 1.54) is 12.8 Å². The van der Waals surface area contributed by atoms with Crippen LogP contribution in [-0.4, -0.2) is 36.3 Å². The minimum absolute atomic E-state index is 0.0444. The average molecular weight is 303 g/mol. The summed E-state index contributed by atoms with van der Waals surface area (Å²) in [6.45, 7) is 2.20. The van der Waals surface area contributed by atoms with Gasteiger partial charge in [-0.25, -0.2) is 0 Å². The standard InChI is InChI=1S/C17H25N3O2/c18-11-5-6-16(21)19-15-9-7-14(8-10-15)17(22)20-12-3-1-2-4-13-20/h7-10H,1-6,11-13,18H2,(H,19,21). The van der Waals surface area contributed by atoms with Crippen LogP contribution in [0.3, 0.4) is 0 Å². The number of carbonyl (C=O) groups is 2. The average Bonchev–Trinajstić information content (AvgIpc) is 2.82. The molecule has 5 heteroatoms. The van der Waals surface area contributed by atoms with Crippen molar-refractivity contribution >= 4 is 17.5 Å². The number of nitrogens with two attached hydrogens (primary N) is 1. The van der Waals surface area contributed by atoms with Gasteiger partial charge in [-0.15, -0.1) is 0 Å². The summed E-state index contributed by atoms with van der Waals surface area (Å²) >= 11 is 0. The van der Waals surface area contributed by atoms with Gasteiger partial charge in [-0.1, -0.05) is 12.8 Å². The third kappa shape index (κ3) is 4.84. The minimum Gasteiger partial charge on any atom is -0.339 e. The summed E-state index contributed by atoms with van der Waals surface area (Å²) in [6, 6.07) is 7.13. The molecule has 5 nitrogen and oxygen atoms in total. The van der Waals surface area contributed by atoms with Crippen LogP contribution in [0.4, 0.5) is 5.69 Å². The first-order chi connectivity index (χ1) is 10.7. The Morgan fingerprint density at radius 2 is 1.68 bits per heavy atom. The topological polar surface area (TPSA) is 75.4 Å². The number of hydrogen-bond donors (Lipinski definition) is 2. The number of likely N-dealkylation sites (tertiary alicyclic amines) is 1. The second-order valence-corrected chi connectivity index (χ2v) is 5.72. The number of hydrogen-bond acceptors (Lipinski definition) is 3. The fraction of sp³-hybridized carbons (Fsp3) is 0.529. The number of rotatable bonds is 5. The van der Waals surface area contributed by atoms with Crippen LogP contribution in [0.2, 0.25) is 0 Å². The van der Waals surface area contributed by atoms with Crippen molar-refractivity contribution in [2.45, 2.75) is 38.5 Å². The largest absolute Gasteiger partial charge is 0.339 e. The molecule has 0 bridgehead atoms. The molecule has 0 spiro atoms. The summed E-state index contributed by atoms with van der Waals surface area (Å²) in [5.74, 6) is 0.0416. The lowest BCUT2D eigenvalue weighted by atomic mass is 10.1. The number of nitrogens with zero attached hydrogens (tertiary/aromatic N) is 1. The zero-order valence-electron chi connectivity index (χ0n) is 13.0. The van der Waals surface area contributed by atoms with E-state index in [1.807, 2.05) is 4.90 Å². The van der Waals surface area contributed by atoms with Crippen molar-refractivity contribution in [3.05, 3.63) is 29.8 Å². The van der Waals surface area contributed by atoms with Crippen molar-refractivity contribution < 1.29 is 9.59 Å². The highest BCUT2D eigenvalue weighted by molar-refractivity contribution is 5.95. The van der Waals surface area contributed by atoms with Crippen LogP contribution >= 0.6 is 0 Å². The molecule has 1 heterocycles. The molecular weight excluding hydrogens is 278 g/mol. The van der Waals surface area contributed by atoms with Gasteiger partial charge < -0.3 is 16.0 Å². The third-order valence-electron chi connectivity index (χ3n) is 3.92. The quantitative estimate of drug-likeness (QED) is 0.877. The highest BCUT2D eigenvalue weighted by atomic mass is 16.2. The van der Waals surface area contributed by atoms with Crippen molar-refractivity contribution in [1.82, 2.24) is 4.90 Å². The molecule has 0 unspecified atom stereocenters. The van der Waals surface area contributed by atoms with Crippen molar-refractivity contribution in [3.63, 3.8) is 0 Å². The predicted octanol–water partition coefficient (Wildman–Crippen LogP) is 2.38. The van der Waals surface area contributed by atoms with Gasteiger partial charge in [-0.2, -0.15) is 0 Å². The van der Waals surface area contributed by atoms with E-state index >= 15 is 0 Å². The van der Waals surface area contributed by atoms with Crippen LogP contribution in [0.15, 0.2) is 24.3 Å². The number of benzene rings is 1. The normalized spacial score (nSPS) is 15.2. The molecule has 0 radical (unpaired) electrons. The van der Waals surface area contributed by atoms with Gasteiger partial charge in [-0.3, -0.25) is 9.59 Å². The van der Waals surface area contributed by atoms with Gasteiger partial charge in [0, 0.05) is 30.8 Å². The van der Waals surface area contributed by atoms with Gasteiger partial charge in [0.05, 0.1) is 0 Å². The van der Waals surface area contributed by atoms with Gasteiger partial charge in [0.15, 0.2) is 0 Å². The maximum Gasteiger partial charge on any atom is 0.253 e. The molecule has 22 heavy (non-hydrogen) atoms. The van der Waals surface area contributed by atoms with Crippen molar-refractivity contribution in [2.75, 3.05) is 25.0 Å². The summed E-state index contributed by atoms with van der Waals surface area (Å²) in [6.07, 6.45) is 5.68. The highest BCUT2D eigenvalue weighted by Gasteiger charge is 2.17. The van der Waals surface area contributed by atoms with Crippen molar-refractivity contribution in [3.8, 4) is 0 Å². The Morgan fingerprint density at radius 3 is 2.27 bits per heavy atom. The Hall–Kier alpha value is -1.88. The lowest BCUT2D eigenvalue weighted by molar-refractivity contribution is -0.116. The maximum absolute atomic E-state index is 12.5. The first kappa shape index (κ1) is 16.5. The molecule has 1 aliphatic heterocycles. The number of nitrogens with one attached hydrogen (secondary N) is 1. The SMILES string of the molecule is NCCCC(=O)Nc1ccc(C(=O)N2CCCCCC2)cc1. The van der Waals surface area contributed by atoms with E-state index in [0.717, 1.165) is 31.6 Å². The van der Waals surface area contributed by atoms with E-state index in [0.29, 0.717) is 24.9 Å². The molecule has 1 fully saturated rings. The van der Waals surface area contributed by atoms with E-state index < -0.39 is 0 Å². The molecule has 1 aromatic carbocycles. The van der Waals surface area contributed by atoms with Crippen LogP contribution < -0.4 is 11.1 Å². The van der Waals surface area contributed by atoms with Crippen LogP contribution in [0.25, 0.3) is 0 Å². The minimum atomic E-state index is -0.0444. The van der Waals surface area contributed by atoms with Crippen molar-refractivity contribution in [2.24, 2.45) is 5.73 Å². The second kappa shape index (κ2) is 8.54. The lowest BCUT2D eigenvalue weighted by Gasteiger charge is -2.20. The van der Waals surface area contributed by atoms with E-state index in [9.17, 15) is 9.59 Å². The Bertz CT molecular complexity index is 491. The van der Waals surface area contributed by atoms with Crippen LogP contribution in [0.5, 0.6) is 0 Å². The summed E-state index contributed by atoms with van der Waals surface area (Å²) in [4.78, 5) is 26.0. The van der Waals surface area contributed by atoms with E-state index in [2.05, 4.69) is 5.32 Å². The Balaban J connectivity index is 1.92. The predicted molar refractivity (Wildman–Crippen MR) is 87.7 cm³/mol. The van der Waals surface area contributed by atoms with E-state index in [4.69, 9.17) is 5.73 Å². The van der Waals surface area contributed by atoms with Crippen molar-refractivity contribution in [1.29, 1.82) is 0 Å². The molecule has 0 aromatic heterocycles. The Morgan fingerprint density at radius 1 is 1.05 bits per heavy atom. The van der Waals surface area contributed by atoms with Crippen LogP contribution in [0, 0.1) is 0 Å². The number of anilines is 1. The maximum atomic E-state index is 12.5. The van der Waals surface area contributed by atoms with Gasteiger partial charge in [0.1, 0.15) is 0 Å². The Kier molecular flexibility index (Phi) is 6.40. The summed E-state index contributed by atoms with van der Waals surface area (Å²) in [5.41, 5.74) is 6.78. The summed E-state index contributed by atoms with van der Waals surface area (Å²) in [5, 5.41) is 2.81. The van der Waals surface area contributed by atoms with Gasteiger partial charge in [0.25, 0.3) is 5.91 Å². The molecular formula is C17H25N3O2. The molecule has 3 N–H and O–H groups in total. The first-order valence-electron chi connectivity index (χ1n) is 8.10. The van der Waals surface area contributed by atoms with Crippen LogP contribution in [-0.2, 0) is 4.79 Å². The molecule has 1 aliphatic rings. The molecule has 2 amide bonds. The number of amides is 2. The van der Waals surface area contributed by atoms with Crippen LogP contribution in [0.1, 0.15) is 48.9 Å². The number of carbonyl (C=O) groups excluding carboxylic acids is 2. The van der Waals surface area contributed by atoms with Gasteiger partial charge in [-0.05, 0) is 50.1 Å². The molecule has 1 saturated heterocycles. The molecule has 0 aliphatic carbocycles. The first-order valence-corrected chi connectivity index (χ1v) is 8.10. The molecule has 2 rings (SSSR count). The Labute approximate surface area is 131 Å². The highest BCUT2D eigenvalue weighted by Crippen LogP contribution is 2.15. The lowest BCUT2D eigenvalue weighted by Crippen LogP contribution is -2.31. The zero-order valence-corrected chi connectivity index (χ0v) is 13.0. The van der Waals surface area contributed by atoms with Gasteiger partial charge in [0.2, 0.25) is 5.91 Å².